The Kier molecular flexibility index (Phi) is 6.59. The standard InChI is InChI=1S/C25H22ClN7O3/c26-18-7-5-17(6-8-18)14-32-16-29-23-20(25(32)36)13-30-33(23)12-10-27-22(34)9-11-31-15-28-21-4-2-1-3-19(21)24(31)35/h1-8,13,15-16H,9-12,14H2,(H,27,34). The summed E-state index contributed by atoms with van der Waals surface area (Å²) in [5, 5.41) is 8.64. The van der Waals surface area contributed by atoms with Crippen molar-refractivity contribution in [1.29, 1.82) is 0 Å². The fraction of sp³-hybridized carbons (Fsp3) is 0.200. The molecule has 10 nitrogen and oxygen atoms in total. The number of rotatable bonds is 8. The Hall–Kier alpha value is -4.31. The molecule has 0 atom stereocenters. The molecular weight excluding hydrogens is 482 g/mol. The number of carbonyl (C=O) groups is 1. The Morgan fingerprint density at radius 3 is 2.47 bits per heavy atom. The molecule has 0 unspecified atom stereocenters. The van der Waals surface area contributed by atoms with Crippen LogP contribution in [0.25, 0.3) is 21.9 Å². The molecule has 2 aromatic carbocycles. The largest absolute Gasteiger partial charge is 0.354 e. The summed E-state index contributed by atoms with van der Waals surface area (Å²) >= 11 is 5.92. The zero-order chi connectivity index (χ0) is 25.1. The minimum Gasteiger partial charge on any atom is -0.354 e. The maximum absolute atomic E-state index is 12.9. The van der Waals surface area contributed by atoms with Gasteiger partial charge in [0.05, 0.1) is 36.5 Å². The normalized spacial score (nSPS) is 11.2. The molecule has 0 saturated heterocycles. The molecule has 3 aromatic heterocycles. The smallest absolute Gasteiger partial charge is 0.264 e. The van der Waals surface area contributed by atoms with Crippen molar-refractivity contribution in [2.75, 3.05) is 6.54 Å². The van der Waals surface area contributed by atoms with Crippen molar-refractivity contribution in [1.82, 2.24) is 34.2 Å². The minimum absolute atomic E-state index is 0.132. The van der Waals surface area contributed by atoms with Crippen molar-refractivity contribution in [2.24, 2.45) is 0 Å². The Bertz CT molecular complexity index is 1670. The lowest BCUT2D eigenvalue weighted by Crippen LogP contribution is -2.30. The lowest BCUT2D eigenvalue weighted by atomic mass is 10.2. The molecule has 182 valence electrons. The van der Waals surface area contributed by atoms with Crippen LogP contribution in [0.1, 0.15) is 12.0 Å². The molecule has 36 heavy (non-hydrogen) atoms. The molecule has 0 aliphatic heterocycles. The van der Waals surface area contributed by atoms with E-state index in [9.17, 15) is 14.4 Å². The lowest BCUT2D eigenvalue weighted by molar-refractivity contribution is -0.121. The first-order valence-corrected chi connectivity index (χ1v) is 11.7. The number of aromatic nitrogens is 6. The zero-order valence-electron chi connectivity index (χ0n) is 19.2. The third-order valence-electron chi connectivity index (χ3n) is 5.85. The zero-order valence-corrected chi connectivity index (χ0v) is 19.9. The molecule has 5 aromatic rings. The Morgan fingerprint density at radius 1 is 0.889 bits per heavy atom. The van der Waals surface area contributed by atoms with Gasteiger partial charge in [0.15, 0.2) is 5.65 Å². The molecule has 0 spiro atoms. The average Bonchev–Trinajstić information content (AvgIpc) is 3.30. The molecule has 5 rings (SSSR count). The second-order valence-electron chi connectivity index (χ2n) is 8.27. The number of carbonyl (C=O) groups excluding carboxylic acids is 1. The van der Waals surface area contributed by atoms with E-state index in [1.54, 1.807) is 35.0 Å². The molecule has 1 amide bonds. The van der Waals surface area contributed by atoms with Crippen LogP contribution in [0.4, 0.5) is 0 Å². The maximum atomic E-state index is 12.9. The Labute approximate surface area is 209 Å². The highest BCUT2D eigenvalue weighted by Gasteiger charge is 2.11. The molecule has 11 heteroatoms. The molecule has 0 saturated carbocycles. The van der Waals surface area contributed by atoms with Crippen molar-refractivity contribution in [3.8, 4) is 0 Å². The number of amides is 1. The van der Waals surface area contributed by atoms with Crippen molar-refractivity contribution in [2.45, 2.75) is 26.1 Å². The lowest BCUT2D eigenvalue weighted by Gasteiger charge is -2.09. The van der Waals surface area contributed by atoms with Gasteiger partial charge in [-0.3, -0.25) is 23.5 Å². The van der Waals surface area contributed by atoms with Crippen LogP contribution in [0, 0.1) is 0 Å². The summed E-state index contributed by atoms with van der Waals surface area (Å²) in [4.78, 5) is 46.4. The second-order valence-corrected chi connectivity index (χ2v) is 8.71. The number of fused-ring (bicyclic) bond motifs is 2. The molecule has 0 bridgehead atoms. The monoisotopic (exact) mass is 503 g/mol. The highest BCUT2D eigenvalue weighted by atomic mass is 35.5. The van der Waals surface area contributed by atoms with Gasteiger partial charge in [0.1, 0.15) is 11.7 Å². The number of nitrogens with zero attached hydrogens (tertiary/aromatic N) is 6. The fourth-order valence-electron chi connectivity index (χ4n) is 3.94. The SMILES string of the molecule is O=C(CCn1cnc2ccccc2c1=O)NCCn1ncc2c(=O)n(Cc3ccc(Cl)cc3)cnc21. The highest BCUT2D eigenvalue weighted by Crippen LogP contribution is 2.11. The van der Waals surface area contributed by atoms with E-state index in [2.05, 4.69) is 20.4 Å². The van der Waals surface area contributed by atoms with Crippen LogP contribution in [0.3, 0.4) is 0 Å². The van der Waals surface area contributed by atoms with Crippen LogP contribution in [0.5, 0.6) is 0 Å². The van der Waals surface area contributed by atoms with E-state index in [0.29, 0.717) is 46.6 Å². The first-order chi connectivity index (χ1) is 17.5. The van der Waals surface area contributed by atoms with Gasteiger partial charge in [-0.15, -0.1) is 0 Å². The summed E-state index contributed by atoms with van der Waals surface area (Å²) < 4.78 is 4.53. The van der Waals surface area contributed by atoms with Gasteiger partial charge in [-0.05, 0) is 29.8 Å². The minimum atomic E-state index is -0.204. The van der Waals surface area contributed by atoms with Gasteiger partial charge in [-0.25, -0.2) is 14.6 Å². The molecular formula is C25H22ClN7O3. The van der Waals surface area contributed by atoms with E-state index in [-0.39, 0.29) is 30.0 Å². The number of benzene rings is 2. The molecule has 0 aliphatic carbocycles. The van der Waals surface area contributed by atoms with Crippen molar-refractivity contribution < 1.29 is 4.79 Å². The van der Waals surface area contributed by atoms with Crippen LogP contribution >= 0.6 is 11.6 Å². The van der Waals surface area contributed by atoms with E-state index in [0.717, 1.165) is 5.56 Å². The highest BCUT2D eigenvalue weighted by molar-refractivity contribution is 6.30. The van der Waals surface area contributed by atoms with Gasteiger partial charge in [0, 0.05) is 24.5 Å². The summed E-state index contributed by atoms with van der Waals surface area (Å²) in [5.41, 5.74) is 1.64. The third-order valence-corrected chi connectivity index (χ3v) is 6.10. The van der Waals surface area contributed by atoms with Gasteiger partial charge in [-0.2, -0.15) is 5.10 Å². The quantitative estimate of drug-likeness (QED) is 0.347. The Morgan fingerprint density at radius 2 is 1.64 bits per heavy atom. The summed E-state index contributed by atoms with van der Waals surface area (Å²) in [6.07, 6.45) is 4.57. The van der Waals surface area contributed by atoms with Crippen LogP contribution in [-0.4, -0.2) is 41.3 Å². The van der Waals surface area contributed by atoms with Gasteiger partial charge >= 0.3 is 0 Å². The summed E-state index contributed by atoms with van der Waals surface area (Å²) in [6, 6.07) is 14.4. The van der Waals surface area contributed by atoms with E-state index in [4.69, 9.17) is 11.6 Å². The van der Waals surface area contributed by atoms with E-state index in [1.165, 1.54) is 28.0 Å². The van der Waals surface area contributed by atoms with Gasteiger partial charge in [-0.1, -0.05) is 35.9 Å². The van der Waals surface area contributed by atoms with E-state index in [1.807, 2.05) is 18.2 Å². The predicted molar refractivity (Wildman–Crippen MR) is 136 cm³/mol. The number of hydrogen-bond donors (Lipinski definition) is 1. The summed E-state index contributed by atoms with van der Waals surface area (Å²) in [6.45, 7) is 1.24. The van der Waals surface area contributed by atoms with Gasteiger partial charge < -0.3 is 5.32 Å². The number of halogens is 1. The van der Waals surface area contributed by atoms with Gasteiger partial charge in [0.2, 0.25) is 5.91 Å². The average molecular weight is 504 g/mol. The number of hydrogen-bond acceptors (Lipinski definition) is 6. The second kappa shape index (κ2) is 10.1. The van der Waals surface area contributed by atoms with Crippen LogP contribution in [0.2, 0.25) is 5.02 Å². The molecule has 0 aliphatic rings. The predicted octanol–water partition coefficient (Wildman–Crippen LogP) is 2.21. The Balaban J connectivity index is 1.18. The molecule has 1 N–H and O–H groups in total. The first-order valence-electron chi connectivity index (χ1n) is 11.4. The topological polar surface area (TPSA) is 117 Å². The van der Waals surface area contributed by atoms with Crippen LogP contribution < -0.4 is 16.4 Å². The first kappa shape index (κ1) is 23.4. The number of nitrogens with one attached hydrogen (secondary N) is 1. The van der Waals surface area contributed by atoms with E-state index >= 15 is 0 Å². The van der Waals surface area contributed by atoms with Crippen molar-refractivity contribution in [3.63, 3.8) is 0 Å². The summed E-state index contributed by atoms with van der Waals surface area (Å²) in [5.74, 6) is -0.204. The summed E-state index contributed by atoms with van der Waals surface area (Å²) in [7, 11) is 0. The third kappa shape index (κ3) is 4.89. The van der Waals surface area contributed by atoms with Crippen LogP contribution in [-0.2, 0) is 24.4 Å². The fourth-order valence-corrected chi connectivity index (χ4v) is 4.06. The van der Waals surface area contributed by atoms with Crippen molar-refractivity contribution in [3.05, 3.63) is 98.7 Å². The number of aryl methyl sites for hydroxylation is 1. The molecule has 3 heterocycles. The maximum Gasteiger partial charge on any atom is 0.264 e. The van der Waals surface area contributed by atoms with Crippen LogP contribution in [0.15, 0.2) is 77.0 Å². The molecule has 0 fully saturated rings. The van der Waals surface area contributed by atoms with E-state index < -0.39 is 0 Å². The van der Waals surface area contributed by atoms with Crippen molar-refractivity contribution >= 4 is 39.4 Å². The molecule has 0 radical (unpaired) electrons. The van der Waals surface area contributed by atoms with Gasteiger partial charge in [0.25, 0.3) is 11.1 Å². The number of para-hydroxylation sites is 1.